The third-order valence-electron chi connectivity index (χ3n) is 4.41. The zero-order valence-electron chi connectivity index (χ0n) is 16.1. The van der Waals surface area contributed by atoms with Gasteiger partial charge < -0.3 is 20.3 Å². The molecule has 1 atom stereocenters. The fourth-order valence-corrected chi connectivity index (χ4v) is 3.90. The van der Waals surface area contributed by atoms with Crippen molar-refractivity contribution in [2.45, 2.75) is 25.7 Å². The molecule has 1 aliphatic heterocycles. The van der Waals surface area contributed by atoms with Gasteiger partial charge in [0, 0.05) is 24.7 Å². The molecule has 0 aliphatic carbocycles. The number of anilines is 1. The Labute approximate surface area is 172 Å². The van der Waals surface area contributed by atoms with Crippen molar-refractivity contribution in [2.24, 2.45) is 0 Å². The third-order valence-corrected chi connectivity index (χ3v) is 5.50. The van der Waals surface area contributed by atoms with Crippen LogP contribution in [0.1, 0.15) is 40.5 Å². The minimum atomic E-state index is -0.465. The van der Waals surface area contributed by atoms with Crippen LogP contribution in [0.15, 0.2) is 30.3 Å². The molecule has 2 aromatic rings. The lowest BCUT2D eigenvalue weighted by Gasteiger charge is -2.31. The van der Waals surface area contributed by atoms with E-state index in [-0.39, 0.29) is 36.0 Å². The van der Waals surface area contributed by atoms with Crippen LogP contribution in [-0.4, -0.2) is 59.2 Å². The Balaban J connectivity index is 1.56. The molecule has 1 aromatic carbocycles. The predicted molar refractivity (Wildman–Crippen MR) is 108 cm³/mol. The Bertz CT molecular complexity index is 857. The summed E-state index contributed by atoms with van der Waals surface area (Å²) < 4.78 is 4.81. The second kappa shape index (κ2) is 9.97. The number of nitrogens with zero attached hydrogens (tertiary/aromatic N) is 3. The van der Waals surface area contributed by atoms with Crippen molar-refractivity contribution in [3.05, 3.63) is 40.3 Å². The highest BCUT2D eigenvalue weighted by atomic mass is 32.1. The molecule has 1 fully saturated rings. The van der Waals surface area contributed by atoms with Crippen LogP contribution in [0.4, 0.5) is 10.5 Å². The fourth-order valence-electron chi connectivity index (χ4n) is 3.03. The van der Waals surface area contributed by atoms with Gasteiger partial charge in [-0.2, -0.15) is 0 Å². The van der Waals surface area contributed by atoms with E-state index in [1.54, 1.807) is 24.0 Å². The average Bonchev–Trinajstić information content (AvgIpc) is 3.24. The van der Waals surface area contributed by atoms with Gasteiger partial charge in [0.15, 0.2) is 0 Å². The van der Waals surface area contributed by atoms with Crippen molar-refractivity contribution in [2.75, 3.05) is 31.6 Å². The first-order valence-corrected chi connectivity index (χ1v) is 10.3. The van der Waals surface area contributed by atoms with E-state index in [9.17, 15) is 14.4 Å². The number of hydrogen-bond acceptors (Lipinski definition) is 7. The first-order valence-electron chi connectivity index (χ1n) is 9.45. The molecular weight excluding hydrogens is 394 g/mol. The number of rotatable bonds is 6. The number of ether oxygens (including phenoxy) is 1. The highest BCUT2D eigenvalue weighted by Crippen LogP contribution is 2.29. The smallest absolute Gasteiger partial charge is 0.325 e. The summed E-state index contributed by atoms with van der Waals surface area (Å²) in [6.07, 6.45) is 1.67. The van der Waals surface area contributed by atoms with Crippen LogP contribution in [-0.2, 0) is 9.53 Å². The molecule has 29 heavy (non-hydrogen) atoms. The number of likely N-dealkylation sites (tertiary alicyclic amines) is 1. The lowest BCUT2D eigenvalue weighted by molar-refractivity contribution is -0.141. The molecule has 154 valence electrons. The minimum absolute atomic E-state index is 0.00729. The van der Waals surface area contributed by atoms with Crippen LogP contribution in [0, 0.1) is 0 Å². The number of carbonyl (C=O) groups is 3. The molecule has 1 unspecified atom stereocenters. The molecule has 0 bridgehead atoms. The van der Waals surface area contributed by atoms with Crippen molar-refractivity contribution in [3.63, 3.8) is 0 Å². The monoisotopic (exact) mass is 417 g/mol. The maximum Gasteiger partial charge on any atom is 0.325 e. The number of esters is 1. The Morgan fingerprint density at radius 3 is 2.79 bits per heavy atom. The molecule has 3 amide bonds. The highest BCUT2D eigenvalue weighted by molar-refractivity contribution is 7.13. The van der Waals surface area contributed by atoms with E-state index in [1.807, 2.05) is 18.2 Å². The summed E-state index contributed by atoms with van der Waals surface area (Å²) in [7, 11) is 0. The number of urea groups is 1. The molecule has 3 rings (SSSR count). The van der Waals surface area contributed by atoms with Crippen molar-refractivity contribution < 1.29 is 19.1 Å². The zero-order chi connectivity index (χ0) is 20.6. The Morgan fingerprint density at radius 2 is 2.03 bits per heavy atom. The van der Waals surface area contributed by atoms with Crippen LogP contribution in [0.3, 0.4) is 0 Å². The van der Waals surface area contributed by atoms with Gasteiger partial charge in [0.25, 0.3) is 5.91 Å². The number of nitrogens with one attached hydrogen (secondary N) is 2. The lowest BCUT2D eigenvalue weighted by atomic mass is 9.99. The first kappa shape index (κ1) is 20.7. The van der Waals surface area contributed by atoms with Crippen molar-refractivity contribution in [1.82, 2.24) is 20.4 Å². The molecule has 1 aromatic heterocycles. The molecule has 2 heterocycles. The van der Waals surface area contributed by atoms with Crippen LogP contribution in [0.25, 0.3) is 0 Å². The molecule has 0 radical (unpaired) electrons. The van der Waals surface area contributed by atoms with Gasteiger partial charge in [-0.05, 0) is 31.9 Å². The molecule has 9 nitrogen and oxygen atoms in total. The molecule has 0 spiro atoms. The zero-order valence-corrected chi connectivity index (χ0v) is 16.9. The van der Waals surface area contributed by atoms with E-state index >= 15 is 0 Å². The summed E-state index contributed by atoms with van der Waals surface area (Å²) in [5, 5.41) is 14.6. The number of amides is 3. The number of carbonyl (C=O) groups excluding carboxylic acids is 3. The van der Waals surface area contributed by atoms with Gasteiger partial charge in [-0.25, -0.2) is 4.79 Å². The molecular formula is C19H23N5O4S. The second-order valence-electron chi connectivity index (χ2n) is 6.51. The van der Waals surface area contributed by atoms with Gasteiger partial charge in [0.2, 0.25) is 5.01 Å². The van der Waals surface area contributed by atoms with Crippen molar-refractivity contribution in [3.8, 4) is 0 Å². The topological polar surface area (TPSA) is 114 Å². The molecule has 2 N–H and O–H groups in total. The van der Waals surface area contributed by atoms with E-state index in [0.29, 0.717) is 18.8 Å². The number of aromatic nitrogens is 2. The van der Waals surface area contributed by atoms with Gasteiger partial charge in [0.1, 0.15) is 11.6 Å². The summed E-state index contributed by atoms with van der Waals surface area (Å²) >= 11 is 1.24. The minimum Gasteiger partial charge on any atom is -0.465 e. The van der Waals surface area contributed by atoms with Gasteiger partial charge >= 0.3 is 12.0 Å². The summed E-state index contributed by atoms with van der Waals surface area (Å²) in [4.78, 5) is 37.7. The Hall–Kier alpha value is -3.01. The third kappa shape index (κ3) is 5.74. The first-order chi connectivity index (χ1) is 14.1. The lowest BCUT2D eigenvalue weighted by Crippen LogP contribution is -2.46. The maximum absolute atomic E-state index is 12.4. The molecule has 1 aliphatic rings. The average molecular weight is 417 g/mol. The largest absolute Gasteiger partial charge is 0.465 e. The van der Waals surface area contributed by atoms with Gasteiger partial charge in [-0.1, -0.05) is 29.5 Å². The molecule has 10 heteroatoms. The van der Waals surface area contributed by atoms with Gasteiger partial charge in [-0.3, -0.25) is 9.59 Å². The number of para-hydroxylation sites is 1. The maximum atomic E-state index is 12.4. The molecule has 1 saturated heterocycles. The summed E-state index contributed by atoms with van der Waals surface area (Å²) in [6.45, 7) is 2.90. The van der Waals surface area contributed by atoms with E-state index in [2.05, 4.69) is 20.8 Å². The fraction of sp³-hybridized carbons (Fsp3) is 0.421. The van der Waals surface area contributed by atoms with E-state index < -0.39 is 5.97 Å². The predicted octanol–water partition coefficient (Wildman–Crippen LogP) is 2.24. The van der Waals surface area contributed by atoms with E-state index in [4.69, 9.17) is 4.74 Å². The van der Waals surface area contributed by atoms with Gasteiger partial charge in [0.05, 0.1) is 6.61 Å². The summed E-state index contributed by atoms with van der Waals surface area (Å²) in [5.74, 6) is -0.764. The number of hydrogen-bond donors (Lipinski definition) is 2. The van der Waals surface area contributed by atoms with Crippen LogP contribution < -0.4 is 10.6 Å². The SMILES string of the molecule is CCOC(=O)CNC(=O)N1CCCC(c2nnc(C(=O)Nc3ccccc3)s2)C1. The van der Waals surface area contributed by atoms with Crippen molar-refractivity contribution >= 4 is 34.9 Å². The van der Waals surface area contributed by atoms with Crippen molar-refractivity contribution in [1.29, 1.82) is 0 Å². The highest BCUT2D eigenvalue weighted by Gasteiger charge is 2.28. The molecule has 0 saturated carbocycles. The van der Waals surface area contributed by atoms with Crippen LogP contribution in [0.5, 0.6) is 0 Å². The Kier molecular flexibility index (Phi) is 7.12. The van der Waals surface area contributed by atoms with Crippen LogP contribution in [0.2, 0.25) is 0 Å². The normalized spacial score (nSPS) is 16.2. The number of benzene rings is 1. The standard InChI is InChI=1S/C19H23N5O4S/c1-2-28-15(25)11-20-19(27)24-10-6-7-13(12-24)17-22-23-18(29-17)16(26)21-14-8-4-3-5-9-14/h3-5,8-9,13H,2,6-7,10-12H2,1H3,(H,20,27)(H,21,26). The summed E-state index contributed by atoms with van der Waals surface area (Å²) in [6, 6.07) is 8.84. The summed E-state index contributed by atoms with van der Waals surface area (Å²) in [5.41, 5.74) is 0.691. The van der Waals surface area contributed by atoms with Crippen LogP contribution >= 0.6 is 11.3 Å². The Morgan fingerprint density at radius 1 is 1.24 bits per heavy atom. The van der Waals surface area contributed by atoms with E-state index in [0.717, 1.165) is 17.8 Å². The second-order valence-corrected chi connectivity index (χ2v) is 7.52. The van der Waals surface area contributed by atoms with Gasteiger partial charge in [-0.15, -0.1) is 10.2 Å². The van der Waals surface area contributed by atoms with E-state index in [1.165, 1.54) is 11.3 Å². The number of piperidine rings is 1. The quantitative estimate of drug-likeness (QED) is 0.697.